The zero-order valence-electron chi connectivity index (χ0n) is 13.0. The van der Waals surface area contributed by atoms with Gasteiger partial charge in [0.15, 0.2) is 0 Å². The summed E-state index contributed by atoms with van der Waals surface area (Å²) in [7, 11) is 0. The number of phenols is 1. The molecule has 0 aliphatic heterocycles. The Kier molecular flexibility index (Phi) is 4.68. The van der Waals surface area contributed by atoms with E-state index in [1.165, 1.54) is 12.1 Å². The zero-order valence-corrected chi connectivity index (χ0v) is 13.7. The van der Waals surface area contributed by atoms with E-state index in [2.05, 4.69) is 15.3 Å². The zero-order chi connectivity index (χ0) is 17.8. The van der Waals surface area contributed by atoms with Crippen molar-refractivity contribution in [3.63, 3.8) is 0 Å². The van der Waals surface area contributed by atoms with Gasteiger partial charge < -0.3 is 10.4 Å². The molecule has 6 nitrogen and oxygen atoms in total. The van der Waals surface area contributed by atoms with Gasteiger partial charge in [-0.15, -0.1) is 0 Å². The molecule has 124 valence electrons. The van der Waals surface area contributed by atoms with Crippen molar-refractivity contribution in [1.29, 1.82) is 5.26 Å². The molecular formula is C18H13ClN4O2. The highest BCUT2D eigenvalue weighted by Crippen LogP contribution is 2.22. The molecule has 7 heteroatoms. The SMILES string of the molecule is N#Cc1c(-c2ccc(O)cc2)nc(NCc2ccc(Cl)cc2)[nH]c1=O. The van der Waals surface area contributed by atoms with Gasteiger partial charge in [-0.1, -0.05) is 23.7 Å². The Morgan fingerprint density at radius 1 is 1.16 bits per heavy atom. The number of nitrogens with one attached hydrogen (secondary N) is 2. The molecule has 3 rings (SSSR count). The number of nitrogens with zero attached hydrogens (tertiary/aromatic N) is 2. The van der Waals surface area contributed by atoms with E-state index < -0.39 is 5.56 Å². The highest BCUT2D eigenvalue weighted by molar-refractivity contribution is 6.30. The summed E-state index contributed by atoms with van der Waals surface area (Å²) < 4.78 is 0. The minimum Gasteiger partial charge on any atom is -0.508 e. The molecule has 0 saturated heterocycles. The molecule has 0 bridgehead atoms. The fourth-order valence-electron chi connectivity index (χ4n) is 2.28. The summed E-state index contributed by atoms with van der Waals surface area (Å²) >= 11 is 5.85. The van der Waals surface area contributed by atoms with Crippen LogP contribution in [0.2, 0.25) is 5.02 Å². The number of rotatable bonds is 4. The van der Waals surface area contributed by atoms with Crippen LogP contribution in [0.4, 0.5) is 5.95 Å². The van der Waals surface area contributed by atoms with Crippen LogP contribution in [0.5, 0.6) is 5.75 Å². The number of phenolic OH excluding ortho intramolecular Hbond substituents is 1. The Morgan fingerprint density at radius 3 is 2.48 bits per heavy atom. The monoisotopic (exact) mass is 352 g/mol. The first-order chi connectivity index (χ1) is 12.1. The first-order valence-corrected chi connectivity index (χ1v) is 7.77. The number of hydrogen-bond acceptors (Lipinski definition) is 5. The summed E-state index contributed by atoms with van der Waals surface area (Å²) in [4.78, 5) is 19.1. The molecule has 0 radical (unpaired) electrons. The van der Waals surface area contributed by atoms with Gasteiger partial charge in [0.05, 0.1) is 5.69 Å². The van der Waals surface area contributed by atoms with E-state index in [0.717, 1.165) is 5.56 Å². The molecule has 3 N–H and O–H groups in total. The lowest BCUT2D eigenvalue weighted by Gasteiger charge is -2.09. The normalized spacial score (nSPS) is 10.2. The number of halogens is 1. The highest BCUT2D eigenvalue weighted by atomic mass is 35.5. The van der Waals surface area contributed by atoms with Crippen molar-refractivity contribution in [3.8, 4) is 23.1 Å². The number of aromatic hydroxyl groups is 1. The van der Waals surface area contributed by atoms with E-state index >= 15 is 0 Å². The molecule has 0 fully saturated rings. The fraction of sp³-hybridized carbons (Fsp3) is 0.0556. The van der Waals surface area contributed by atoms with Crippen molar-refractivity contribution in [3.05, 3.63) is 75.0 Å². The van der Waals surface area contributed by atoms with Crippen LogP contribution in [0, 0.1) is 11.3 Å². The van der Waals surface area contributed by atoms with Crippen LogP contribution in [0.3, 0.4) is 0 Å². The molecule has 25 heavy (non-hydrogen) atoms. The standard InChI is InChI=1S/C18H13ClN4O2/c19-13-5-1-11(2-6-13)10-21-18-22-16(15(9-20)17(25)23-18)12-3-7-14(24)8-4-12/h1-8,24H,10H2,(H2,21,22,23,25). The van der Waals surface area contributed by atoms with Crippen LogP contribution in [0.15, 0.2) is 53.3 Å². The van der Waals surface area contributed by atoms with Crippen molar-refractivity contribution < 1.29 is 5.11 Å². The largest absolute Gasteiger partial charge is 0.508 e. The lowest BCUT2D eigenvalue weighted by atomic mass is 10.1. The third-order valence-electron chi connectivity index (χ3n) is 3.55. The third-order valence-corrected chi connectivity index (χ3v) is 3.80. The topological polar surface area (TPSA) is 102 Å². The van der Waals surface area contributed by atoms with Crippen LogP contribution in [-0.4, -0.2) is 15.1 Å². The van der Waals surface area contributed by atoms with Gasteiger partial charge in [0.25, 0.3) is 5.56 Å². The van der Waals surface area contributed by atoms with Crippen LogP contribution >= 0.6 is 11.6 Å². The van der Waals surface area contributed by atoms with Gasteiger partial charge in [-0.25, -0.2) is 4.98 Å². The molecule has 0 aliphatic rings. The van der Waals surface area contributed by atoms with E-state index in [9.17, 15) is 15.2 Å². The van der Waals surface area contributed by atoms with Crippen LogP contribution in [0.25, 0.3) is 11.3 Å². The van der Waals surface area contributed by atoms with Crippen molar-refractivity contribution in [1.82, 2.24) is 9.97 Å². The molecular weight excluding hydrogens is 340 g/mol. The molecule has 0 saturated carbocycles. The predicted molar refractivity (Wildman–Crippen MR) is 95.5 cm³/mol. The second kappa shape index (κ2) is 7.07. The quantitative estimate of drug-likeness (QED) is 0.668. The Hall–Kier alpha value is -3.30. The van der Waals surface area contributed by atoms with E-state index in [1.807, 2.05) is 18.2 Å². The molecule has 0 aliphatic carbocycles. The number of aromatic nitrogens is 2. The van der Waals surface area contributed by atoms with Crippen LogP contribution < -0.4 is 10.9 Å². The average Bonchev–Trinajstić information content (AvgIpc) is 2.61. The van der Waals surface area contributed by atoms with E-state index in [-0.39, 0.29) is 23.0 Å². The maximum atomic E-state index is 12.2. The summed E-state index contributed by atoms with van der Waals surface area (Å²) in [5.41, 5.74) is 1.17. The first-order valence-electron chi connectivity index (χ1n) is 7.39. The van der Waals surface area contributed by atoms with E-state index in [0.29, 0.717) is 17.1 Å². The Morgan fingerprint density at radius 2 is 1.84 bits per heavy atom. The van der Waals surface area contributed by atoms with Gasteiger partial charge in [0.1, 0.15) is 17.4 Å². The van der Waals surface area contributed by atoms with Gasteiger partial charge in [-0.3, -0.25) is 9.78 Å². The molecule has 0 atom stereocenters. The summed E-state index contributed by atoms with van der Waals surface area (Å²) in [6.07, 6.45) is 0. The molecule has 0 unspecified atom stereocenters. The summed E-state index contributed by atoms with van der Waals surface area (Å²) in [6.45, 7) is 0.432. The van der Waals surface area contributed by atoms with E-state index in [1.54, 1.807) is 24.3 Å². The first kappa shape index (κ1) is 16.6. The Balaban J connectivity index is 1.93. The minimum atomic E-state index is -0.529. The van der Waals surface area contributed by atoms with Gasteiger partial charge in [-0.05, 0) is 42.0 Å². The molecule has 0 spiro atoms. The molecule has 1 aromatic heterocycles. The second-order valence-electron chi connectivity index (χ2n) is 5.28. The second-order valence-corrected chi connectivity index (χ2v) is 5.71. The van der Waals surface area contributed by atoms with Crippen molar-refractivity contribution in [2.24, 2.45) is 0 Å². The summed E-state index contributed by atoms with van der Waals surface area (Å²) in [6, 6.07) is 15.3. The van der Waals surface area contributed by atoms with E-state index in [4.69, 9.17) is 11.6 Å². The van der Waals surface area contributed by atoms with Crippen molar-refractivity contribution in [2.75, 3.05) is 5.32 Å². The number of H-pyrrole nitrogens is 1. The Bertz CT molecular complexity index is 990. The van der Waals surface area contributed by atoms with Gasteiger partial charge >= 0.3 is 0 Å². The van der Waals surface area contributed by atoms with Crippen LogP contribution in [0.1, 0.15) is 11.1 Å². The van der Waals surface area contributed by atoms with Gasteiger partial charge in [0, 0.05) is 17.1 Å². The average molecular weight is 353 g/mol. The molecule has 2 aromatic carbocycles. The maximum Gasteiger partial charge on any atom is 0.270 e. The highest BCUT2D eigenvalue weighted by Gasteiger charge is 2.13. The summed E-state index contributed by atoms with van der Waals surface area (Å²) in [5, 5.41) is 22.3. The smallest absolute Gasteiger partial charge is 0.270 e. The van der Waals surface area contributed by atoms with Crippen molar-refractivity contribution in [2.45, 2.75) is 6.54 Å². The molecule has 0 amide bonds. The number of nitriles is 1. The fourth-order valence-corrected chi connectivity index (χ4v) is 2.40. The van der Waals surface area contributed by atoms with Crippen molar-refractivity contribution >= 4 is 17.5 Å². The minimum absolute atomic E-state index is 0.0808. The predicted octanol–water partition coefficient (Wildman–Crippen LogP) is 3.28. The lowest BCUT2D eigenvalue weighted by molar-refractivity contribution is 0.475. The number of benzene rings is 2. The molecule has 1 heterocycles. The number of aromatic amines is 1. The Labute approximate surface area is 148 Å². The lowest BCUT2D eigenvalue weighted by Crippen LogP contribution is -2.17. The third kappa shape index (κ3) is 3.79. The number of hydrogen-bond donors (Lipinski definition) is 3. The van der Waals surface area contributed by atoms with Crippen LogP contribution in [-0.2, 0) is 6.54 Å². The van der Waals surface area contributed by atoms with Gasteiger partial charge in [0.2, 0.25) is 5.95 Å². The maximum absolute atomic E-state index is 12.2. The van der Waals surface area contributed by atoms with Gasteiger partial charge in [-0.2, -0.15) is 5.26 Å². The number of anilines is 1. The molecule has 3 aromatic rings. The summed E-state index contributed by atoms with van der Waals surface area (Å²) in [5.74, 6) is 0.343.